The van der Waals surface area contributed by atoms with Crippen LogP contribution in [0.4, 0.5) is 5.69 Å². The third-order valence-electron chi connectivity index (χ3n) is 4.46. The lowest BCUT2D eigenvalue weighted by atomic mass is 10.1. The molecule has 0 unspecified atom stereocenters. The highest BCUT2D eigenvalue weighted by Gasteiger charge is 2.33. The Morgan fingerprint density at radius 3 is 2.67 bits per heavy atom. The monoisotopic (exact) mass is 423 g/mol. The van der Waals surface area contributed by atoms with E-state index < -0.39 is 5.97 Å². The number of ether oxygens (including phenoxy) is 2. The van der Waals surface area contributed by atoms with Gasteiger partial charge >= 0.3 is 5.97 Å². The van der Waals surface area contributed by atoms with Crippen molar-refractivity contribution in [3.8, 4) is 11.5 Å². The number of carbonyl (C=O) groups is 1. The number of esters is 1. The second-order valence-electron chi connectivity index (χ2n) is 6.85. The number of aromatic hydroxyl groups is 1. The fourth-order valence-electron chi connectivity index (χ4n) is 2.84. The van der Waals surface area contributed by atoms with Gasteiger partial charge in [-0.05, 0) is 55.7 Å². The lowest BCUT2D eigenvalue weighted by Crippen LogP contribution is -2.12. The molecular formula is C23H21NO5S. The van der Waals surface area contributed by atoms with Gasteiger partial charge in [0.15, 0.2) is 11.5 Å². The highest BCUT2D eigenvalue weighted by Crippen LogP contribution is 2.41. The number of aliphatic imine (C=N–C) groups is 1. The molecule has 0 saturated heterocycles. The zero-order valence-electron chi connectivity index (χ0n) is 16.4. The smallest absolute Gasteiger partial charge is 0.344 e. The number of hydrogen-bond donors (Lipinski definition) is 2. The molecule has 2 aromatic carbocycles. The van der Waals surface area contributed by atoms with Crippen LogP contribution in [-0.4, -0.2) is 33.9 Å². The Bertz CT molecular complexity index is 1050. The van der Waals surface area contributed by atoms with Gasteiger partial charge in [0, 0.05) is 0 Å². The first-order valence-electron chi connectivity index (χ1n) is 9.69. The Balaban J connectivity index is 1.69. The minimum absolute atomic E-state index is 0.0465. The first-order chi connectivity index (χ1) is 14.5. The number of rotatable bonds is 6. The van der Waals surface area contributed by atoms with E-state index in [-0.39, 0.29) is 29.8 Å². The summed E-state index contributed by atoms with van der Waals surface area (Å²) in [4.78, 5) is 17.5. The van der Waals surface area contributed by atoms with Crippen LogP contribution in [0.1, 0.15) is 25.3 Å². The van der Waals surface area contributed by atoms with Crippen molar-refractivity contribution >= 4 is 34.5 Å². The number of aliphatic hydroxyl groups is 1. The summed E-state index contributed by atoms with van der Waals surface area (Å²) < 4.78 is 10.8. The molecule has 0 amide bonds. The third kappa shape index (κ3) is 4.52. The SMILES string of the molecule is CCOC(=O)C1=C(O)/C(=C/c2ccc(O)c(OC3CC3)c2)SC1=Nc1ccccc1. The maximum atomic E-state index is 12.5. The van der Waals surface area contributed by atoms with Crippen molar-refractivity contribution in [3.05, 3.63) is 70.3 Å². The second kappa shape index (κ2) is 8.67. The summed E-state index contributed by atoms with van der Waals surface area (Å²) in [6.45, 7) is 1.90. The van der Waals surface area contributed by atoms with E-state index in [9.17, 15) is 15.0 Å². The van der Waals surface area contributed by atoms with Crippen molar-refractivity contribution in [2.45, 2.75) is 25.9 Å². The number of thioether (sulfide) groups is 1. The van der Waals surface area contributed by atoms with E-state index in [0.29, 0.717) is 21.4 Å². The number of nitrogens with zero attached hydrogens (tertiary/aromatic N) is 1. The van der Waals surface area contributed by atoms with E-state index in [2.05, 4.69) is 4.99 Å². The van der Waals surface area contributed by atoms with Crippen LogP contribution in [0.5, 0.6) is 11.5 Å². The predicted molar refractivity (Wildman–Crippen MR) is 117 cm³/mol. The highest BCUT2D eigenvalue weighted by atomic mass is 32.2. The quantitative estimate of drug-likeness (QED) is 0.627. The van der Waals surface area contributed by atoms with Crippen molar-refractivity contribution in [1.29, 1.82) is 0 Å². The molecule has 1 saturated carbocycles. The number of phenolic OH excluding ortho intramolecular Hbond substituents is 1. The van der Waals surface area contributed by atoms with Crippen molar-refractivity contribution < 1.29 is 24.5 Å². The third-order valence-corrected chi connectivity index (χ3v) is 5.48. The largest absolute Gasteiger partial charge is 0.506 e. The Labute approximate surface area is 178 Å². The number of phenols is 1. The number of carbonyl (C=O) groups excluding carboxylic acids is 1. The van der Waals surface area contributed by atoms with Gasteiger partial charge in [-0.1, -0.05) is 36.0 Å². The maximum absolute atomic E-state index is 12.5. The zero-order chi connectivity index (χ0) is 21.1. The first kappa shape index (κ1) is 20.1. The Morgan fingerprint density at radius 1 is 1.20 bits per heavy atom. The van der Waals surface area contributed by atoms with Crippen molar-refractivity contribution in [1.82, 2.24) is 0 Å². The molecule has 0 aromatic heterocycles. The number of hydrogen-bond acceptors (Lipinski definition) is 7. The molecule has 0 atom stereocenters. The molecule has 1 fully saturated rings. The van der Waals surface area contributed by atoms with E-state index >= 15 is 0 Å². The molecule has 0 bridgehead atoms. The van der Waals surface area contributed by atoms with Crippen LogP contribution < -0.4 is 4.74 Å². The highest BCUT2D eigenvalue weighted by molar-refractivity contribution is 8.18. The van der Waals surface area contributed by atoms with Gasteiger partial charge in [-0.15, -0.1) is 0 Å². The van der Waals surface area contributed by atoms with Gasteiger partial charge in [0.2, 0.25) is 0 Å². The van der Waals surface area contributed by atoms with E-state index in [1.807, 2.05) is 30.3 Å². The van der Waals surface area contributed by atoms with Crippen molar-refractivity contribution in [3.63, 3.8) is 0 Å². The van der Waals surface area contributed by atoms with Crippen LogP contribution >= 0.6 is 11.8 Å². The second-order valence-corrected chi connectivity index (χ2v) is 7.88. The van der Waals surface area contributed by atoms with Crippen molar-refractivity contribution in [2.75, 3.05) is 6.61 Å². The maximum Gasteiger partial charge on any atom is 0.344 e. The zero-order valence-corrected chi connectivity index (χ0v) is 17.2. The summed E-state index contributed by atoms with van der Waals surface area (Å²) in [5.41, 5.74) is 1.44. The van der Waals surface area contributed by atoms with Gasteiger partial charge in [-0.3, -0.25) is 0 Å². The van der Waals surface area contributed by atoms with Crippen LogP contribution in [0, 0.1) is 0 Å². The Morgan fingerprint density at radius 2 is 1.97 bits per heavy atom. The molecule has 6 nitrogen and oxygen atoms in total. The number of para-hydroxylation sites is 1. The molecule has 0 spiro atoms. The van der Waals surface area contributed by atoms with Crippen LogP contribution in [0.3, 0.4) is 0 Å². The average Bonchev–Trinajstić information content (AvgIpc) is 3.49. The minimum Gasteiger partial charge on any atom is -0.506 e. The van der Waals surface area contributed by atoms with E-state index in [0.717, 1.165) is 18.4 Å². The van der Waals surface area contributed by atoms with Crippen LogP contribution in [0.15, 0.2) is 69.8 Å². The molecule has 1 heterocycles. The van der Waals surface area contributed by atoms with Crippen LogP contribution in [0.2, 0.25) is 0 Å². The first-order valence-corrected chi connectivity index (χ1v) is 10.5. The topological polar surface area (TPSA) is 88.4 Å². The van der Waals surface area contributed by atoms with Gasteiger partial charge < -0.3 is 19.7 Å². The van der Waals surface area contributed by atoms with Gasteiger partial charge in [0.05, 0.1) is 23.3 Å². The molecular weight excluding hydrogens is 402 g/mol. The summed E-state index contributed by atoms with van der Waals surface area (Å²) in [6.07, 6.45) is 3.83. The minimum atomic E-state index is -0.621. The molecule has 30 heavy (non-hydrogen) atoms. The molecule has 2 aliphatic rings. The molecule has 2 aromatic rings. The van der Waals surface area contributed by atoms with Gasteiger partial charge in [-0.2, -0.15) is 0 Å². The number of benzene rings is 2. The van der Waals surface area contributed by atoms with E-state index in [4.69, 9.17) is 9.47 Å². The fourth-order valence-corrected chi connectivity index (χ4v) is 3.88. The lowest BCUT2D eigenvalue weighted by Gasteiger charge is -2.08. The van der Waals surface area contributed by atoms with Crippen LogP contribution in [0.25, 0.3) is 6.08 Å². The Hall–Kier alpha value is -3.19. The predicted octanol–water partition coefficient (Wildman–Crippen LogP) is 5.13. The molecule has 4 rings (SSSR count). The standard InChI is InChI=1S/C23H21NO5S/c1-2-28-23(27)20-21(26)19(30-22(20)24-15-6-4-3-5-7-15)13-14-8-11-17(25)18(12-14)29-16-9-10-16/h3-8,11-13,16,25-26H,2,9-10H2,1H3/b19-13-,24-22?. The number of aliphatic hydroxyl groups excluding tert-OH is 1. The molecule has 1 aliphatic carbocycles. The van der Waals surface area contributed by atoms with E-state index in [1.54, 1.807) is 31.2 Å². The summed E-state index contributed by atoms with van der Waals surface area (Å²) >= 11 is 1.19. The van der Waals surface area contributed by atoms with Crippen LogP contribution in [-0.2, 0) is 9.53 Å². The van der Waals surface area contributed by atoms with Crippen molar-refractivity contribution in [2.24, 2.45) is 4.99 Å². The fraction of sp³-hybridized carbons (Fsp3) is 0.217. The van der Waals surface area contributed by atoms with E-state index in [1.165, 1.54) is 11.8 Å². The summed E-state index contributed by atoms with van der Waals surface area (Å²) in [6, 6.07) is 14.2. The normalized spacial score (nSPS) is 18.8. The van der Waals surface area contributed by atoms with Gasteiger partial charge in [0.1, 0.15) is 16.4 Å². The molecule has 7 heteroatoms. The molecule has 0 radical (unpaired) electrons. The summed E-state index contributed by atoms with van der Waals surface area (Å²) in [5, 5.41) is 21.1. The van der Waals surface area contributed by atoms with Gasteiger partial charge in [-0.25, -0.2) is 9.79 Å². The molecule has 154 valence electrons. The lowest BCUT2D eigenvalue weighted by molar-refractivity contribution is -0.138. The summed E-state index contributed by atoms with van der Waals surface area (Å²) in [7, 11) is 0. The molecule has 2 N–H and O–H groups in total. The molecule has 1 aliphatic heterocycles. The average molecular weight is 423 g/mol. The van der Waals surface area contributed by atoms with Gasteiger partial charge in [0.25, 0.3) is 0 Å². The Kier molecular flexibility index (Phi) is 5.81. The summed E-state index contributed by atoms with van der Waals surface area (Å²) in [5.74, 6) is -0.321.